The molecule has 0 bridgehead atoms. The van der Waals surface area contributed by atoms with E-state index in [1.54, 1.807) is 31.2 Å². The fourth-order valence-corrected chi connectivity index (χ4v) is 3.24. The first-order chi connectivity index (χ1) is 6.03. The zero-order valence-electron chi connectivity index (χ0n) is 7.03. The molecular weight excluding hydrogens is 228 g/mol. The molecule has 0 atom stereocenters. The Morgan fingerprint density at radius 1 is 1.46 bits per heavy atom. The van der Waals surface area contributed by atoms with Crippen molar-refractivity contribution in [3.8, 4) is 0 Å². The van der Waals surface area contributed by atoms with E-state index in [1.807, 2.05) is 0 Å². The van der Waals surface area contributed by atoms with Gasteiger partial charge in [0, 0.05) is 20.7 Å². The number of halogens is 1. The topological polar surface area (TPSA) is 34.1 Å². The van der Waals surface area contributed by atoms with E-state index in [9.17, 15) is 8.42 Å². The second-order valence-electron chi connectivity index (χ2n) is 2.39. The molecule has 1 aromatic rings. The summed E-state index contributed by atoms with van der Waals surface area (Å²) in [5.41, 5.74) is 0. The Labute approximate surface area is 86.6 Å². The van der Waals surface area contributed by atoms with Gasteiger partial charge in [-0.15, -0.1) is 0 Å². The van der Waals surface area contributed by atoms with E-state index >= 15 is 0 Å². The van der Waals surface area contributed by atoms with Crippen LogP contribution >= 0.6 is 22.4 Å². The summed E-state index contributed by atoms with van der Waals surface area (Å²) in [5, 5.41) is 0.552. The molecule has 0 unspecified atom stereocenters. The van der Waals surface area contributed by atoms with Gasteiger partial charge in [0.15, 0.2) is 0 Å². The van der Waals surface area contributed by atoms with Crippen molar-refractivity contribution < 1.29 is 8.42 Å². The Hall–Kier alpha value is -0.190. The van der Waals surface area contributed by atoms with Crippen molar-refractivity contribution in [2.45, 2.75) is 11.8 Å². The van der Waals surface area contributed by atoms with Gasteiger partial charge in [0.05, 0.1) is 5.75 Å². The lowest BCUT2D eigenvalue weighted by molar-refractivity contribution is 0.611. The normalized spacial score (nSPS) is 11.5. The highest BCUT2D eigenvalue weighted by Gasteiger charge is 2.09. The zero-order chi connectivity index (χ0) is 9.90. The molecule has 0 N–H and O–H groups in total. The average Bonchev–Trinajstić information content (AvgIpc) is 2.03. The lowest BCUT2D eigenvalue weighted by Crippen LogP contribution is -1.95. The summed E-state index contributed by atoms with van der Waals surface area (Å²) >= 11 is 5.71. The van der Waals surface area contributed by atoms with Gasteiger partial charge in [-0.05, 0) is 18.2 Å². The van der Waals surface area contributed by atoms with E-state index in [0.29, 0.717) is 9.92 Å². The number of hydrogen-bond donors (Lipinski definition) is 0. The van der Waals surface area contributed by atoms with Gasteiger partial charge in [-0.25, -0.2) is 8.42 Å². The van der Waals surface area contributed by atoms with E-state index < -0.39 is 8.87 Å². The molecule has 1 rings (SSSR count). The summed E-state index contributed by atoms with van der Waals surface area (Å²) in [4.78, 5) is 0.661. The summed E-state index contributed by atoms with van der Waals surface area (Å²) in [5.74, 6) is 0.129. The summed E-state index contributed by atoms with van der Waals surface area (Å²) in [6.45, 7) is 1.62. The third kappa shape index (κ3) is 3.58. The first kappa shape index (κ1) is 10.9. The van der Waals surface area contributed by atoms with Crippen molar-refractivity contribution in [2.24, 2.45) is 0 Å². The predicted molar refractivity (Wildman–Crippen MR) is 56.8 cm³/mol. The molecular formula is C8H9ClO2S2. The van der Waals surface area contributed by atoms with E-state index in [1.165, 1.54) is 0 Å². The molecule has 0 aliphatic rings. The van der Waals surface area contributed by atoms with Gasteiger partial charge in [0.2, 0.25) is 8.87 Å². The molecule has 0 fully saturated rings. The third-order valence-electron chi connectivity index (χ3n) is 1.37. The molecule has 0 heterocycles. The molecule has 0 saturated carbocycles. The van der Waals surface area contributed by atoms with Crippen molar-refractivity contribution >= 4 is 31.3 Å². The Kier molecular flexibility index (Phi) is 3.64. The predicted octanol–water partition coefficient (Wildman–Crippen LogP) is 2.78. The molecule has 0 spiro atoms. The Bertz CT molecular complexity index is 387. The second kappa shape index (κ2) is 4.35. The van der Waals surface area contributed by atoms with E-state index in [0.717, 1.165) is 10.8 Å². The second-order valence-corrected chi connectivity index (χ2v) is 7.18. The Morgan fingerprint density at radius 2 is 2.15 bits per heavy atom. The van der Waals surface area contributed by atoms with Crippen molar-refractivity contribution in [1.82, 2.24) is 0 Å². The molecule has 0 amide bonds. The van der Waals surface area contributed by atoms with Crippen LogP contribution in [0.3, 0.4) is 0 Å². The van der Waals surface area contributed by atoms with Crippen LogP contribution in [0.1, 0.15) is 6.92 Å². The van der Waals surface area contributed by atoms with Crippen LogP contribution < -0.4 is 0 Å². The fraction of sp³-hybridized carbons (Fsp3) is 0.250. The van der Waals surface area contributed by atoms with Crippen LogP contribution in [-0.2, 0) is 8.87 Å². The molecule has 2 nitrogen and oxygen atoms in total. The maximum absolute atomic E-state index is 11.2. The first-order valence-electron chi connectivity index (χ1n) is 3.71. The average molecular weight is 237 g/mol. The number of rotatable bonds is 3. The van der Waals surface area contributed by atoms with Gasteiger partial charge in [-0.3, -0.25) is 0 Å². The standard InChI is InChI=1S/C8H9ClO2S2/c1-2-13(10,11)12-8-5-3-4-7(9)6-8/h3-6H,2H2,1H3. The van der Waals surface area contributed by atoms with Crippen molar-refractivity contribution in [3.05, 3.63) is 29.3 Å². The van der Waals surface area contributed by atoms with Gasteiger partial charge < -0.3 is 0 Å². The molecule has 0 aliphatic carbocycles. The highest BCUT2D eigenvalue weighted by Crippen LogP contribution is 2.26. The fourth-order valence-electron chi connectivity index (χ4n) is 0.724. The van der Waals surface area contributed by atoms with Crippen LogP contribution in [0.2, 0.25) is 5.02 Å². The Balaban J connectivity index is 2.87. The summed E-state index contributed by atoms with van der Waals surface area (Å²) in [7, 11) is -2.18. The quantitative estimate of drug-likeness (QED) is 0.757. The summed E-state index contributed by atoms with van der Waals surface area (Å²) < 4.78 is 22.4. The summed E-state index contributed by atoms with van der Waals surface area (Å²) in [6.07, 6.45) is 0. The monoisotopic (exact) mass is 236 g/mol. The highest BCUT2D eigenvalue weighted by molar-refractivity contribution is 8.72. The lowest BCUT2D eigenvalue weighted by Gasteiger charge is -2.00. The van der Waals surface area contributed by atoms with Crippen LogP contribution in [0.4, 0.5) is 0 Å². The summed E-state index contributed by atoms with van der Waals surface area (Å²) in [6, 6.07) is 6.81. The Morgan fingerprint density at radius 3 is 2.69 bits per heavy atom. The molecule has 0 aliphatic heterocycles. The minimum absolute atomic E-state index is 0.129. The van der Waals surface area contributed by atoms with Crippen LogP contribution in [0, 0.1) is 0 Å². The van der Waals surface area contributed by atoms with E-state index in [4.69, 9.17) is 11.6 Å². The molecule has 0 aromatic heterocycles. The molecule has 13 heavy (non-hydrogen) atoms. The van der Waals surface area contributed by atoms with Gasteiger partial charge in [0.1, 0.15) is 0 Å². The molecule has 1 aromatic carbocycles. The SMILES string of the molecule is CCS(=O)(=O)Sc1cccc(Cl)c1. The maximum Gasteiger partial charge on any atom is 0.205 e. The smallest absolute Gasteiger partial charge is 0.205 e. The van der Waals surface area contributed by atoms with Crippen molar-refractivity contribution in [1.29, 1.82) is 0 Å². The van der Waals surface area contributed by atoms with Crippen LogP contribution in [0.15, 0.2) is 29.2 Å². The van der Waals surface area contributed by atoms with Gasteiger partial charge in [0.25, 0.3) is 0 Å². The van der Waals surface area contributed by atoms with Crippen molar-refractivity contribution in [3.63, 3.8) is 0 Å². The third-order valence-corrected chi connectivity index (χ3v) is 5.06. The molecule has 5 heteroatoms. The van der Waals surface area contributed by atoms with Gasteiger partial charge in [-0.2, -0.15) is 0 Å². The number of hydrogen-bond acceptors (Lipinski definition) is 3. The van der Waals surface area contributed by atoms with Crippen LogP contribution in [-0.4, -0.2) is 14.2 Å². The van der Waals surface area contributed by atoms with Gasteiger partial charge in [-0.1, -0.05) is 24.6 Å². The minimum Gasteiger partial charge on any atom is -0.217 e. The van der Waals surface area contributed by atoms with E-state index in [-0.39, 0.29) is 5.75 Å². The molecule has 0 saturated heterocycles. The van der Waals surface area contributed by atoms with E-state index in [2.05, 4.69) is 0 Å². The highest BCUT2D eigenvalue weighted by atomic mass is 35.5. The molecule has 0 radical (unpaired) electrons. The van der Waals surface area contributed by atoms with Crippen LogP contribution in [0.25, 0.3) is 0 Å². The lowest BCUT2D eigenvalue weighted by atomic mass is 10.4. The van der Waals surface area contributed by atoms with Crippen LogP contribution in [0.5, 0.6) is 0 Å². The molecule has 72 valence electrons. The minimum atomic E-state index is -3.03. The largest absolute Gasteiger partial charge is 0.217 e. The first-order valence-corrected chi connectivity index (χ1v) is 7.07. The van der Waals surface area contributed by atoms with Crippen molar-refractivity contribution in [2.75, 3.05) is 5.75 Å². The van der Waals surface area contributed by atoms with Gasteiger partial charge >= 0.3 is 0 Å². The maximum atomic E-state index is 11.2. The zero-order valence-corrected chi connectivity index (χ0v) is 9.42. The number of benzene rings is 1.